The van der Waals surface area contributed by atoms with E-state index in [1.807, 2.05) is 30.5 Å². The monoisotopic (exact) mass is 512 g/mol. The van der Waals surface area contributed by atoms with Gasteiger partial charge in [-0.05, 0) is 42.3 Å². The molecule has 6 nitrogen and oxygen atoms in total. The number of guanidine groups is 1. The second-order valence-corrected chi connectivity index (χ2v) is 6.21. The molecule has 29 heavy (non-hydrogen) atoms. The van der Waals surface area contributed by atoms with Crippen LogP contribution in [0.3, 0.4) is 0 Å². The van der Waals surface area contributed by atoms with Crippen molar-refractivity contribution in [3.05, 3.63) is 60.0 Å². The summed E-state index contributed by atoms with van der Waals surface area (Å²) in [6.45, 7) is 1.78. The molecule has 0 aliphatic carbocycles. The van der Waals surface area contributed by atoms with E-state index in [1.54, 1.807) is 26.3 Å². The Morgan fingerprint density at radius 3 is 2.69 bits per heavy atom. The number of rotatable bonds is 8. The molecule has 3 aromatic rings. The fourth-order valence-electron chi connectivity index (χ4n) is 2.92. The Morgan fingerprint density at radius 2 is 1.90 bits per heavy atom. The van der Waals surface area contributed by atoms with Crippen LogP contribution in [0, 0.1) is 5.82 Å². The summed E-state index contributed by atoms with van der Waals surface area (Å²) in [4.78, 5) is 7.37. The number of nitrogens with zero attached hydrogens (tertiary/aromatic N) is 1. The van der Waals surface area contributed by atoms with Gasteiger partial charge in [0.25, 0.3) is 0 Å². The quantitative estimate of drug-likeness (QED) is 0.186. The SMILES string of the molecule is CN=C(NCCOc1cccc(OC)c1)NCCc1c[nH]c2ccc(F)cc12.I. The summed E-state index contributed by atoms with van der Waals surface area (Å²) < 4.78 is 24.3. The van der Waals surface area contributed by atoms with E-state index in [1.165, 1.54) is 6.07 Å². The third-order valence-electron chi connectivity index (χ3n) is 4.34. The van der Waals surface area contributed by atoms with E-state index >= 15 is 0 Å². The van der Waals surface area contributed by atoms with Gasteiger partial charge < -0.3 is 25.1 Å². The lowest BCUT2D eigenvalue weighted by Crippen LogP contribution is -2.40. The molecule has 0 fully saturated rings. The molecule has 0 saturated carbocycles. The highest BCUT2D eigenvalue weighted by atomic mass is 127. The maximum atomic E-state index is 13.5. The third kappa shape index (κ3) is 6.52. The molecule has 0 atom stereocenters. The predicted molar refractivity (Wildman–Crippen MR) is 125 cm³/mol. The molecule has 0 aliphatic heterocycles. The van der Waals surface area contributed by atoms with Gasteiger partial charge in [-0.15, -0.1) is 24.0 Å². The zero-order valence-corrected chi connectivity index (χ0v) is 18.8. The average Bonchev–Trinajstić information content (AvgIpc) is 3.12. The second-order valence-electron chi connectivity index (χ2n) is 6.21. The molecule has 0 unspecified atom stereocenters. The number of H-pyrrole nitrogens is 1. The minimum Gasteiger partial charge on any atom is -0.497 e. The Morgan fingerprint density at radius 1 is 1.10 bits per heavy atom. The highest BCUT2D eigenvalue weighted by molar-refractivity contribution is 14.0. The van der Waals surface area contributed by atoms with Crippen LogP contribution in [0.15, 0.2) is 53.7 Å². The molecule has 0 aliphatic rings. The number of benzene rings is 2. The van der Waals surface area contributed by atoms with Gasteiger partial charge in [-0.2, -0.15) is 0 Å². The van der Waals surface area contributed by atoms with E-state index in [0.29, 0.717) is 25.7 Å². The van der Waals surface area contributed by atoms with Crippen LogP contribution in [0.4, 0.5) is 4.39 Å². The minimum atomic E-state index is -0.227. The van der Waals surface area contributed by atoms with Gasteiger partial charge in [0.1, 0.15) is 23.9 Å². The Bertz CT molecular complexity index is 945. The number of aliphatic imine (C=N–C) groups is 1. The summed E-state index contributed by atoms with van der Waals surface area (Å²) in [5, 5.41) is 7.38. The van der Waals surface area contributed by atoms with E-state index in [9.17, 15) is 4.39 Å². The van der Waals surface area contributed by atoms with Crippen LogP contribution in [0.25, 0.3) is 10.9 Å². The standard InChI is InChI=1S/C21H25FN4O2.HI/c1-23-21(25-10-11-28-18-5-3-4-17(13-18)27-2)24-9-8-15-14-26-20-7-6-16(22)12-19(15)20;/h3-7,12-14,26H,8-11H2,1-2H3,(H2,23,24,25);1H. The second kappa shape index (κ2) is 11.5. The van der Waals surface area contributed by atoms with Gasteiger partial charge in [0, 0.05) is 36.8 Å². The molecule has 0 spiro atoms. The first-order valence-electron chi connectivity index (χ1n) is 9.16. The van der Waals surface area contributed by atoms with Gasteiger partial charge in [0.15, 0.2) is 5.96 Å². The van der Waals surface area contributed by atoms with E-state index in [-0.39, 0.29) is 29.8 Å². The third-order valence-corrected chi connectivity index (χ3v) is 4.34. The van der Waals surface area contributed by atoms with Crippen LogP contribution in [-0.2, 0) is 6.42 Å². The summed E-state index contributed by atoms with van der Waals surface area (Å²) in [6, 6.07) is 12.3. The summed E-state index contributed by atoms with van der Waals surface area (Å²) >= 11 is 0. The van der Waals surface area contributed by atoms with Crippen molar-refractivity contribution in [3.63, 3.8) is 0 Å². The van der Waals surface area contributed by atoms with Gasteiger partial charge >= 0.3 is 0 Å². The first kappa shape index (κ1) is 22.8. The van der Waals surface area contributed by atoms with Gasteiger partial charge in [-0.25, -0.2) is 4.39 Å². The first-order chi connectivity index (χ1) is 13.7. The highest BCUT2D eigenvalue weighted by Gasteiger charge is 2.05. The van der Waals surface area contributed by atoms with Crippen LogP contribution < -0.4 is 20.1 Å². The van der Waals surface area contributed by atoms with Gasteiger partial charge in [0.2, 0.25) is 0 Å². The average molecular weight is 512 g/mol. The zero-order valence-electron chi connectivity index (χ0n) is 16.5. The number of ether oxygens (including phenoxy) is 2. The molecule has 8 heteroatoms. The number of methoxy groups -OCH3 is 1. The number of nitrogens with one attached hydrogen (secondary N) is 3. The molecule has 1 aromatic heterocycles. The van der Waals surface area contributed by atoms with E-state index < -0.39 is 0 Å². The Labute approximate surface area is 186 Å². The molecule has 0 amide bonds. The molecule has 0 radical (unpaired) electrons. The van der Waals surface area contributed by atoms with Crippen molar-refractivity contribution in [2.24, 2.45) is 4.99 Å². The van der Waals surface area contributed by atoms with E-state index in [2.05, 4.69) is 20.6 Å². The number of hydrogen-bond acceptors (Lipinski definition) is 3. The number of aromatic amines is 1. The molecule has 0 bridgehead atoms. The summed E-state index contributed by atoms with van der Waals surface area (Å²) in [6.07, 6.45) is 2.68. The van der Waals surface area contributed by atoms with Crippen LogP contribution in [0.5, 0.6) is 11.5 Å². The van der Waals surface area contributed by atoms with E-state index in [0.717, 1.165) is 34.4 Å². The Hall–Kier alpha value is -2.49. The number of halogens is 2. The van der Waals surface area contributed by atoms with Crippen molar-refractivity contribution < 1.29 is 13.9 Å². The maximum absolute atomic E-state index is 13.5. The fourth-order valence-corrected chi connectivity index (χ4v) is 2.92. The van der Waals surface area contributed by atoms with Crippen LogP contribution >= 0.6 is 24.0 Å². The zero-order chi connectivity index (χ0) is 19.8. The lowest BCUT2D eigenvalue weighted by atomic mass is 10.1. The molecule has 3 N–H and O–H groups in total. The van der Waals surface area contributed by atoms with Gasteiger partial charge in [0.05, 0.1) is 13.7 Å². The molecule has 0 saturated heterocycles. The lowest BCUT2D eigenvalue weighted by Gasteiger charge is -2.12. The predicted octanol–water partition coefficient (Wildman–Crippen LogP) is 3.72. The van der Waals surface area contributed by atoms with Crippen LogP contribution in [0.1, 0.15) is 5.56 Å². The normalized spacial score (nSPS) is 11.1. The molecule has 1 heterocycles. The molecule has 2 aromatic carbocycles. The molecular formula is C21H26FIN4O2. The smallest absolute Gasteiger partial charge is 0.191 e. The van der Waals surface area contributed by atoms with Crippen LogP contribution in [0.2, 0.25) is 0 Å². The van der Waals surface area contributed by atoms with Crippen molar-refractivity contribution >= 4 is 40.8 Å². The first-order valence-corrected chi connectivity index (χ1v) is 9.16. The van der Waals surface area contributed by atoms with Crippen molar-refractivity contribution in [3.8, 4) is 11.5 Å². The Kier molecular flexibility index (Phi) is 9.04. The Balaban J connectivity index is 0.00000300. The highest BCUT2D eigenvalue weighted by Crippen LogP contribution is 2.20. The number of hydrogen-bond donors (Lipinski definition) is 3. The van der Waals surface area contributed by atoms with Gasteiger partial charge in [-0.3, -0.25) is 4.99 Å². The lowest BCUT2D eigenvalue weighted by molar-refractivity contribution is 0.319. The molecule has 3 rings (SSSR count). The van der Waals surface area contributed by atoms with Gasteiger partial charge in [-0.1, -0.05) is 6.07 Å². The number of fused-ring (bicyclic) bond motifs is 1. The minimum absolute atomic E-state index is 0. The van der Waals surface area contributed by atoms with Crippen molar-refractivity contribution in [1.29, 1.82) is 0 Å². The topological polar surface area (TPSA) is 70.7 Å². The maximum Gasteiger partial charge on any atom is 0.191 e. The summed E-state index contributed by atoms with van der Waals surface area (Å²) in [5.74, 6) is 1.99. The van der Waals surface area contributed by atoms with Crippen molar-refractivity contribution in [2.45, 2.75) is 6.42 Å². The molecule has 156 valence electrons. The number of aromatic nitrogens is 1. The van der Waals surface area contributed by atoms with Crippen molar-refractivity contribution in [2.75, 3.05) is 33.9 Å². The summed E-state index contributed by atoms with van der Waals surface area (Å²) in [5.41, 5.74) is 2.01. The van der Waals surface area contributed by atoms with E-state index in [4.69, 9.17) is 9.47 Å². The summed E-state index contributed by atoms with van der Waals surface area (Å²) in [7, 11) is 3.35. The fraction of sp³-hybridized carbons (Fsp3) is 0.286. The molecular weight excluding hydrogens is 486 g/mol. The largest absolute Gasteiger partial charge is 0.497 e. The van der Waals surface area contributed by atoms with Crippen LogP contribution in [-0.4, -0.2) is 44.8 Å². The van der Waals surface area contributed by atoms with Crippen molar-refractivity contribution in [1.82, 2.24) is 15.6 Å².